The van der Waals surface area contributed by atoms with Gasteiger partial charge in [-0.3, -0.25) is 9.63 Å². The maximum atomic E-state index is 10.6. The normalized spacial score (nSPS) is 8.50. The SMILES string of the molecule is C#CC(=O)N(CCO)OC. The summed E-state index contributed by atoms with van der Waals surface area (Å²) in [6, 6.07) is 0. The summed E-state index contributed by atoms with van der Waals surface area (Å²) in [6.07, 6.45) is 4.78. The van der Waals surface area contributed by atoms with E-state index in [2.05, 4.69) is 4.84 Å². The Bertz CT molecular complexity index is 150. The number of rotatable bonds is 3. The van der Waals surface area contributed by atoms with Gasteiger partial charge in [-0.15, -0.1) is 6.42 Å². The van der Waals surface area contributed by atoms with Crippen LogP contribution in [0.3, 0.4) is 0 Å². The fourth-order valence-electron chi connectivity index (χ4n) is 0.439. The van der Waals surface area contributed by atoms with Crippen molar-refractivity contribution in [1.29, 1.82) is 0 Å². The monoisotopic (exact) mass is 143 g/mol. The summed E-state index contributed by atoms with van der Waals surface area (Å²) in [5.74, 6) is 1.27. The highest BCUT2D eigenvalue weighted by Crippen LogP contribution is 1.86. The molecule has 0 aliphatic carbocycles. The van der Waals surface area contributed by atoms with Crippen LogP contribution in [0.4, 0.5) is 0 Å². The summed E-state index contributed by atoms with van der Waals surface area (Å²) in [5.41, 5.74) is 0. The largest absolute Gasteiger partial charge is 0.394 e. The van der Waals surface area contributed by atoms with Gasteiger partial charge in [0, 0.05) is 0 Å². The van der Waals surface area contributed by atoms with Crippen LogP contribution in [0.5, 0.6) is 0 Å². The first kappa shape index (κ1) is 8.95. The molecular weight excluding hydrogens is 134 g/mol. The van der Waals surface area contributed by atoms with E-state index in [1.807, 2.05) is 5.92 Å². The summed E-state index contributed by atoms with van der Waals surface area (Å²) < 4.78 is 0. The minimum absolute atomic E-state index is 0.0968. The molecule has 0 rings (SSSR count). The van der Waals surface area contributed by atoms with Gasteiger partial charge in [-0.2, -0.15) is 0 Å². The lowest BCUT2D eigenvalue weighted by molar-refractivity contribution is -0.171. The fraction of sp³-hybridized carbons (Fsp3) is 0.500. The minimum Gasteiger partial charge on any atom is -0.394 e. The third-order valence-corrected chi connectivity index (χ3v) is 0.873. The van der Waals surface area contributed by atoms with Gasteiger partial charge in [0.2, 0.25) is 0 Å². The first-order chi connectivity index (χ1) is 4.76. The highest BCUT2D eigenvalue weighted by molar-refractivity contribution is 5.92. The van der Waals surface area contributed by atoms with Gasteiger partial charge in [0.15, 0.2) is 0 Å². The van der Waals surface area contributed by atoms with Crippen molar-refractivity contribution in [3.05, 3.63) is 0 Å². The number of hydrogen-bond acceptors (Lipinski definition) is 3. The molecule has 0 bridgehead atoms. The third-order valence-electron chi connectivity index (χ3n) is 0.873. The number of hydrogen-bond donors (Lipinski definition) is 1. The van der Waals surface area contributed by atoms with Crippen molar-refractivity contribution in [3.8, 4) is 12.3 Å². The van der Waals surface area contributed by atoms with Crippen LogP contribution in [0.2, 0.25) is 0 Å². The van der Waals surface area contributed by atoms with Crippen molar-refractivity contribution in [2.75, 3.05) is 20.3 Å². The summed E-state index contributed by atoms with van der Waals surface area (Å²) in [6.45, 7) is -0.0687. The summed E-state index contributed by atoms with van der Waals surface area (Å²) in [4.78, 5) is 15.1. The number of carbonyl (C=O) groups excluding carboxylic acids is 1. The second-order valence-corrected chi connectivity index (χ2v) is 1.46. The molecule has 4 nitrogen and oxygen atoms in total. The number of nitrogens with zero attached hydrogens (tertiary/aromatic N) is 1. The molecule has 0 aromatic rings. The lowest BCUT2D eigenvalue weighted by atomic mass is 10.5. The topological polar surface area (TPSA) is 49.8 Å². The maximum absolute atomic E-state index is 10.6. The molecule has 0 unspecified atom stereocenters. The van der Waals surface area contributed by atoms with Crippen molar-refractivity contribution < 1.29 is 14.7 Å². The Morgan fingerprint density at radius 1 is 1.90 bits per heavy atom. The zero-order valence-corrected chi connectivity index (χ0v) is 5.70. The van der Waals surface area contributed by atoms with E-state index in [0.29, 0.717) is 0 Å². The molecule has 0 fully saturated rings. The molecule has 4 heteroatoms. The number of hydroxylamine groups is 2. The standard InChI is InChI=1S/C6H9NO3/c1-3-6(9)7(10-2)4-5-8/h1,8H,4-5H2,2H3. The van der Waals surface area contributed by atoms with Gasteiger partial charge < -0.3 is 5.11 Å². The summed E-state index contributed by atoms with van der Waals surface area (Å²) in [7, 11) is 1.31. The number of aliphatic hydroxyl groups is 1. The Kier molecular flexibility index (Phi) is 4.29. The van der Waals surface area contributed by atoms with Crippen LogP contribution in [0.25, 0.3) is 0 Å². The van der Waals surface area contributed by atoms with Crippen LogP contribution in [0, 0.1) is 12.3 Å². The molecule has 1 N–H and O–H groups in total. The van der Waals surface area contributed by atoms with E-state index in [-0.39, 0.29) is 13.2 Å². The van der Waals surface area contributed by atoms with Gasteiger partial charge in [-0.1, -0.05) is 0 Å². The zero-order valence-electron chi connectivity index (χ0n) is 5.70. The van der Waals surface area contributed by atoms with Gasteiger partial charge in [-0.25, -0.2) is 5.06 Å². The van der Waals surface area contributed by atoms with Crippen molar-refractivity contribution >= 4 is 5.91 Å². The van der Waals surface area contributed by atoms with E-state index in [1.165, 1.54) is 7.11 Å². The number of amides is 1. The van der Waals surface area contributed by atoms with E-state index in [1.54, 1.807) is 0 Å². The zero-order chi connectivity index (χ0) is 7.98. The molecule has 0 spiro atoms. The predicted octanol–water partition coefficient (Wildman–Crippen LogP) is -0.998. The van der Waals surface area contributed by atoms with E-state index >= 15 is 0 Å². The Balaban J connectivity index is 3.83. The molecule has 0 heterocycles. The molecule has 0 saturated carbocycles. The van der Waals surface area contributed by atoms with E-state index in [4.69, 9.17) is 11.5 Å². The molecule has 10 heavy (non-hydrogen) atoms. The molecule has 56 valence electrons. The van der Waals surface area contributed by atoms with E-state index in [0.717, 1.165) is 5.06 Å². The summed E-state index contributed by atoms with van der Waals surface area (Å²) in [5, 5.41) is 9.27. The van der Waals surface area contributed by atoms with Crippen molar-refractivity contribution in [2.45, 2.75) is 0 Å². The second kappa shape index (κ2) is 4.79. The highest BCUT2D eigenvalue weighted by atomic mass is 16.7. The first-order valence-corrected chi connectivity index (χ1v) is 2.69. The molecule has 1 amide bonds. The van der Waals surface area contributed by atoms with Gasteiger partial charge >= 0.3 is 5.91 Å². The maximum Gasteiger partial charge on any atom is 0.321 e. The lowest BCUT2D eigenvalue weighted by Crippen LogP contribution is -2.31. The Morgan fingerprint density at radius 2 is 2.50 bits per heavy atom. The van der Waals surface area contributed by atoms with Crippen LogP contribution in [0.1, 0.15) is 0 Å². The quantitative estimate of drug-likeness (QED) is 0.407. The minimum atomic E-state index is -0.587. The highest BCUT2D eigenvalue weighted by Gasteiger charge is 2.07. The first-order valence-electron chi connectivity index (χ1n) is 2.69. The third kappa shape index (κ3) is 2.49. The van der Waals surface area contributed by atoms with Crippen LogP contribution < -0.4 is 0 Å². The van der Waals surface area contributed by atoms with Crippen LogP contribution in [-0.2, 0) is 9.63 Å². The Morgan fingerprint density at radius 3 is 2.80 bits per heavy atom. The average molecular weight is 143 g/mol. The molecule has 0 radical (unpaired) electrons. The number of aliphatic hydroxyl groups excluding tert-OH is 1. The smallest absolute Gasteiger partial charge is 0.321 e. The van der Waals surface area contributed by atoms with Crippen LogP contribution >= 0.6 is 0 Å². The number of carbonyl (C=O) groups is 1. The Hall–Kier alpha value is -1.05. The Labute approximate surface area is 59.3 Å². The number of terminal acetylenes is 1. The molecule has 0 atom stereocenters. The van der Waals surface area contributed by atoms with Crippen molar-refractivity contribution in [2.24, 2.45) is 0 Å². The van der Waals surface area contributed by atoms with E-state index < -0.39 is 5.91 Å². The molecule has 0 aliphatic rings. The van der Waals surface area contributed by atoms with Crippen molar-refractivity contribution in [3.63, 3.8) is 0 Å². The molecular formula is C6H9NO3. The predicted molar refractivity (Wildman–Crippen MR) is 34.6 cm³/mol. The summed E-state index contributed by atoms with van der Waals surface area (Å²) >= 11 is 0. The molecule has 0 aromatic carbocycles. The molecule has 0 saturated heterocycles. The van der Waals surface area contributed by atoms with Gasteiger partial charge in [-0.05, 0) is 5.92 Å². The second-order valence-electron chi connectivity index (χ2n) is 1.46. The average Bonchev–Trinajstić information content (AvgIpc) is 1.99. The van der Waals surface area contributed by atoms with E-state index in [9.17, 15) is 4.79 Å². The lowest BCUT2D eigenvalue weighted by Gasteiger charge is -2.14. The van der Waals surface area contributed by atoms with Crippen LogP contribution in [-0.4, -0.2) is 36.3 Å². The van der Waals surface area contributed by atoms with Gasteiger partial charge in [0.1, 0.15) is 0 Å². The van der Waals surface area contributed by atoms with Crippen molar-refractivity contribution in [1.82, 2.24) is 5.06 Å². The molecule has 0 aliphatic heterocycles. The van der Waals surface area contributed by atoms with Gasteiger partial charge in [0.05, 0.1) is 20.3 Å². The molecule has 0 aromatic heterocycles. The van der Waals surface area contributed by atoms with Gasteiger partial charge in [0.25, 0.3) is 0 Å². The fourth-order valence-corrected chi connectivity index (χ4v) is 0.439. The van der Waals surface area contributed by atoms with Crippen LogP contribution in [0.15, 0.2) is 0 Å².